The van der Waals surface area contributed by atoms with Gasteiger partial charge in [-0.05, 0) is 18.4 Å². The first-order valence-electron chi connectivity index (χ1n) is 6.16. The highest BCUT2D eigenvalue weighted by atomic mass is 32.2. The average Bonchev–Trinajstić information content (AvgIpc) is 2.37. The third-order valence-electron chi connectivity index (χ3n) is 2.18. The van der Waals surface area contributed by atoms with Crippen LogP contribution in [-0.4, -0.2) is 36.1 Å². The molecular weight excluding hydrogens is 260 g/mol. The molecule has 0 radical (unpaired) electrons. The number of allylic oxidation sites excluding steroid dienone is 2. The maximum atomic E-state index is 11.7. The van der Waals surface area contributed by atoms with E-state index in [4.69, 9.17) is 0 Å². The predicted octanol–water partition coefficient (Wildman–Crippen LogP) is 2.47. The number of thioether (sulfide) groups is 1. The van der Waals surface area contributed by atoms with Crippen molar-refractivity contribution in [3.63, 3.8) is 0 Å². The second-order valence-corrected chi connectivity index (χ2v) is 5.38. The van der Waals surface area contributed by atoms with Crippen LogP contribution in [0.4, 0.5) is 0 Å². The fourth-order valence-corrected chi connectivity index (χ4v) is 2.05. The zero-order chi connectivity index (χ0) is 14.7. The minimum absolute atomic E-state index is 0. The van der Waals surface area contributed by atoms with Gasteiger partial charge in [-0.1, -0.05) is 44.3 Å². The Morgan fingerprint density at radius 2 is 2.21 bits per heavy atom. The highest BCUT2D eigenvalue weighted by Gasteiger charge is 2.13. The summed E-state index contributed by atoms with van der Waals surface area (Å²) in [4.78, 5) is 26.6. The third-order valence-corrected chi connectivity index (χ3v) is 3.20. The van der Waals surface area contributed by atoms with Gasteiger partial charge in [0.25, 0.3) is 0 Å². The molecule has 0 aromatic rings. The summed E-state index contributed by atoms with van der Waals surface area (Å²) in [7, 11) is 1.67. The van der Waals surface area contributed by atoms with Crippen molar-refractivity contribution < 1.29 is 11.0 Å². The molecule has 0 rings (SSSR count). The second kappa shape index (κ2) is 10.6. The first kappa shape index (κ1) is 17.6. The summed E-state index contributed by atoms with van der Waals surface area (Å²) in [6, 6.07) is -0.404. The maximum Gasteiger partial charge on any atom is 0.230 e. The normalized spacial score (nSPS) is 13.6. The molecule has 0 fully saturated rings. The Bertz CT molecular complexity index is 368. The standard InChI is InChI=1S/C14H22N2O2S.H2/c1-5-6-7-14(15-4)19-10-13(18)16-12(9-17)8-11(2)3;/h5-7,9,11-12H,1,8,10H2,2-4H3,(H,16,18);1H/b7-6-,15-14?;. The number of hydrogen-bond donors (Lipinski definition) is 1. The summed E-state index contributed by atoms with van der Waals surface area (Å²) in [5.41, 5.74) is 0. The van der Waals surface area contributed by atoms with Gasteiger partial charge in [-0.2, -0.15) is 0 Å². The van der Waals surface area contributed by atoms with Gasteiger partial charge >= 0.3 is 0 Å². The zero-order valence-electron chi connectivity index (χ0n) is 11.8. The summed E-state index contributed by atoms with van der Waals surface area (Å²) in [6.45, 7) is 7.60. The molecule has 0 aromatic heterocycles. The van der Waals surface area contributed by atoms with E-state index in [-0.39, 0.29) is 13.1 Å². The number of amides is 1. The number of carbonyl (C=O) groups excluding carboxylic acids is 2. The third kappa shape index (κ3) is 9.25. The number of hydrogen-bond acceptors (Lipinski definition) is 4. The van der Waals surface area contributed by atoms with Crippen molar-refractivity contribution >= 4 is 29.0 Å². The fourth-order valence-electron chi connectivity index (χ4n) is 1.38. The minimum atomic E-state index is -0.404. The van der Waals surface area contributed by atoms with Crippen LogP contribution in [0.5, 0.6) is 0 Å². The van der Waals surface area contributed by atoms with Crippen LogP contribution in [0.2, 0.25) is 0 Å². The van der Waals surface area contributed by atoms with Crippen LogP contribution in [-0.2, 0) is 9.59 Å². The quantitative estimate of drug-likeness (QED) is 0.322. The zero-order valence-corrected chi connectivity index (χ0v) is 12.6. The number of nitrogens with one attached hydrogen (secondary N) is 1. The average molecular weight is 284 g/mol. The summed E-state index contributed by atoms with van der Waals surface area (Å²) in [6.07, 6.45) is 6.65. The van der Waals surface area contributed by atoms with E-state index >= 15 is 0 Å². The highest BCUT2D eigenvalue weighted by molar-refractivity contribution is 8.14. The lowest BCUT2D eigenvalue weighted by Gasteiger charge is -2.14. The number of carbonyl (C=O) groups is 2. The van der Waals surface area contributed by atoms with Gasteiger partial charge in [-0.25, -0.2) is 0 Å². The minimum Gasteiger partial charge on any atom is -0.346 e. The largest absolute Gasteiger partial charge is 0.346 e. The SMILES string of the molecule is C=C/C=C\C(=NC)SCC(=O)NC(C=O)CC(C)C.[HH]. The van der Waals surface area contributed by atoms with Gasteiger partial charge in [-0.3, -0.25) is 9.79 Å². The van der Waals surface area contributed by atoms with Crippen LogP contribution in [0.3, 0.4) is 0 Å². The number of nitrogens with zero attached hydrogens (tertiary/aromatic N) is 1. The monoisotopic (exact) mass is 284 g/mol. The molecule has 0 spiro atoms. The lowest BCUT2D eigenvalue weighted by atomic mass is 10.1. The molecule has 1 N–H and O–H groups in total. The Morgan fingerprint density at radius 1 is 1.53 bits per heavy atom. The molecule has 0 aliphatic rings. The molecule has 19 heavy (non-hydrogen) atoms. The van der Waals surface area contributed by atoms with Crippen LogP contribution in [0.1, 0.15) is 21.7 Å². The van der Waals surface area contributed by atoms with Crippen molar-refractivity contribution in [3.05, 3.63) is 24.8 Å². The van der Waals surface area contributed by atoms with Gasteiger partial charge in [0.1, 0.15) is 6.29 Å². The van der Waals surface area contributed by atoms with E-state index in [0.717, 1.165) is 11.3 Å². The molecule has 1 amide bonds. The summed E-state index contributed by atoms with van der Waals surface area (Å²) in [5, 5.41) is 3.46. The van der Waals surface area contributed by atoms with Crippen molar-refractivity contribution in [3.8, 4) is 0 Å². The van der Waals surface area contributed by atoms with Gasteiger partial charge in [0, 0.05) is 8.47 Å². The molecule has 0 heterocycles. The van der Waals surface area contributed by atoms with Crippen LogP contribution >= 0.6 is 11.8 Å². The van der Waals surface area contributed by atoms with Crippen LogP contribution in [0.25, 0.3) is 0 Å². The van der Waals surface area contributed by atoms with Crippen LogP contribution in [0.15, 0.2) is 29.8 Å². The maximum absolute atomic E-state index is 11.7. The number of rotatable bonds is 8. The Kier molecular flexibility index (Phi) is 9.80. The van der Waals surface area contributed by atoms with E-state index < -0.39 is 6.04 Å². The molecule has 4 nitrogen and oxygen atoms in total. The van der Waals surface area contributed by atoms with E-state index in [1.54, 1.807) is 25.3 Å². The van der Waals surface area contributed by atoms with Crippen molar-refractivity contribution in [1.29, 1.82) is 0 Å². The molecule has 5 heteroatoms. The molecule has 0 saturated heterocycles. The molecule has 1 unspecified atom stereocenters. The van der Waals surface area contributed by atoms with Crippen molar-refractivity contribution in [2.75, 3.05) is 12.8 Å². The topological polar surface area (TPSA) is 58.5 Å². The lowest BCUT2D eigenvalue weighted by molar-refractivity contribution is -0.122. The molecule has 0 aromatic carbocycles. The molecule has 0 saturated carbocycles. The molecule has 0 aliphatic carbocycles. The van der Waals surface area contributed by atoms with E-state index in [1.807, 2.05) is 13.8 Å². The van der Waals surface area contributed by atoms with Crippen molar-refractivity contribution in [2.24, 2.45) is 10.9 Å². The van der Waals surface area contributed by atoms with Crippen LogP contribution in [0, 0.1) is 5.92 Å². The first-order valence-corrected chi connectivity index (χ1v) is 7.15. The van der Waals surface area contributed by atoms with E-state index in [2.05, 4.69) is 16.9 Å². The molecule has 0 bridgehead atoms. The fraction of sp³-hybridized carbons (Fsp3) is 0.500. The summed E-state index contributed by atoms with van der Waals surface area (Å²) in [5.74, 6) is 0.457. The smallest absolute Gasteiger partial charge is 0.230 e. The van der Waals surface area contributed by atoms with Gasteiger partial charge < -0.3 is 10.1 Å². The second-order valence-electron chi connectivity index (χ2n) is 4.38. The van der Waals surface area contributed by atoms with Gasteiger partial charge in [0.2, 0.25) is 5.91 Å². The summed E-state index contributed by atoms with van der Waals surface area (Å²) >= 11 is 1.33. The molecule has 108 valence electrons. The van der Waals surface area contributed by atoms with E-state index in [0.29, 0.717) is 12.3 Å². The Hall–Kier alpha value is -1.36. The van der Waals surface area contributed by atoms with Crippen molar-refractivity contribution in [1.82, 2.24) is 5.32 Å². The Balaban J connectivity index is 0. The number of aldehydes is 1. The Labute approximate surface area is 120 Å². The van der Waals surface area contributed by atoms with E-state index in [9.17, 15) is 9.59 Å². The van der Waals surface area contributed by atoms with Crippen molar-refractivity contribution in [2.45, 2.75) is 26.3 Å². The van der Waals surface area contributed by atoms with Gasteiger partial charge in [0.15, 0.2) is 0 Å². The Morgan fingerprint density at radius 3 is 2.68 bits per heavy atom. The highest BCUT2D eigenvalue weighted by Crippen LogP contribution is 2.07. The van der Waals surface area contributed by atoms with Gasteiger partial charge in [0.05, 0.1) is 16.8 Å². The number of aliphatic imine (C=N–C) groups is 1. The lowest BCUT2D eigenvalue weighted by Crippen LogP contribution is -2.38. The van der Waals surface area contributed by atoms with E-state index in [1.165, 1.54) is 11.8 Å². The molecular formula is C14H24N2O2S. The predicted molar refractivity (Wildman–Crippen MR) is 84.7 cm³/mol. The molecule has 1 atom stereocenters. The van der Waals surface area contributed by atoms with Gasteiger partial charge in [-0.15, -0.1) is 0 Å². The first-order chi connectivity index (χ1) is 9.03. The molecule has 0 aliphatic heterocycles. The summed E-state index contributed by atoms with van der Waals surface area (Å²) < 4.78 is 0. The van der Waals surface area contributed by atoms with Crippen LogP contribution < -0.4 is 5.32 Å².